The van der Waals surface area contributed by atoms with Crippen molar-refractivity contribution in [2.24, 2.45) is 0 Å². The fourth-order valence-electron chi connectivity index (χ4n) is 2.79. The van der Waals surface area contributed by atoms with E-state index < -0.39 is 17.5 Å². The number of ether oxygens (including phenoxy) is 2. The van der Waals surface area contributed by atoms with Crippen LogP contribution in [-0.4, -0.2) is 33.8 Å². The van der Waals surface area contributed by atoms with Gasteiger partial charge in [0.15, 0.2) is 0 Å². The van der Waals surface area contributed by atoms with E-state index in [0.717, 1.165) is 10.9 Å². The Morgan fingerprint density at radius 2 is 1.85 bits per heavy atom. The first-order chi connectivity index (χ1) is 12.8. The molecule has 2 heterocycles. The lowest BCUT2D eigenvalue weighted by Gasteiger charge is -2.17. The number of nitrogens with zero attached hydrogens (tertiary/aromatic N) is 2. The molecule has 140 valence electrons. The van der Waals surface area contributed by atoms with E-state index >= 15 is 0 Å². The van der Waals surface area contributed by atoms with E-state index in [-0.39, 0.29) is 6.61 Å². The summed E-state index contributed by atoms with van der Waals surface area (Å²) in [6.45, 7) is 7.37. The minimum Gasteiger partial charge on any atom is -0.462 e. The first-order valence-electron chi connectivity index (χ1n) is 8.79. The zero-order valence-corrected chi connectivity index (χ0v) is 15.9. The van der Waals surface area contributed by atoms with Crippen molar-refractivity contribution in [2.45, 2.75) is 33.3 Å². The van der Waals surface area contributed by atoms with Crippen molar-refractivity contribution in [1.82, 2.24) is 9.61 Å². The minimum absolute atomic E-state index is 0.249. The van der Waals surface area contributed by atoms with Crippen LogP contribution < -0.4 is 0 Å². The Balaban J connectivity index is 2.12. The summed E-state index contributed by atoms with van der Waals surface area (Å²) in [4.78, 5) is 24.5. The Labute approximate surface area is 157 Å². The maximum atomic E-state index is 12.5. The van der Waals surface area contributed by atoms with Crippen molar-refractivity contribution in [2.75, 3.05) is 6.61 Å². The predicted octanol–water partition coefficient (Wildman–Crippen LogP) is 4.02. The van der Waals surface area contributed by atoms with E-state index in [1.54, 1.807) is 32.2 Å². The summed E-state index contributed by atoms with van der Waals surface area (Å²) in [5.41, 5.74) is 1.56. The Morgan fingerprint density at radius 3 is 2.56 bits per heavy atom. The molecule has 3 aromatic rings. The molecule has 3 rings (SSSR count). The minimum atomic E-state index is -0.597. The number of hydrogen-bond acceptors (Lipinski definition) is 5. The number of para-hydroxylation sites is 1. The van der Waals surface area contributed by atoms with Crippen LogP contribution in [0.1, 0.15) is 43.7 Å². The topological polar surface area (TPSA) is 69.9 Å². The van der Waals surface area contributed by atoms with Crippen LogP contribution in [0.3, 0.4) is 0 Å². The second-order valence-corrected chi connectivity index (χ2v) is 7.04. The van der Waals surface area contributed by atoms with E-state index in [0.29, 0.717) is 16.8 Å². The summed E-state index contributed by atoms with van der Waals surface area (Å²) in [5.74, 6) is -0.981. The van der Waals surface area contributed by atoms with E-state index in [1.165, 1.54) is 12.2 Å². The summed E-state index contributed by atoms with van der Waals surface area (Å²) in [5, 5.41) is 5.53. The van der Waals surface area contributed by atoms with Crippen molar-refractivity contribution < 1.29 is 19.1 Å². The van der Waals surface area contributed by atoms with E-state index in [4.69, 9.17) is 9.47 Å². The molecule has 1 aromatic carbocycles. The molecule has 0 N–H and O–H groups in total. The maximum Gasteiger partial charge on any atom is 0.342 e. The molecule has 0 saturated heterocycles. The van der Waals surface area contributed by atoms with Crippen LogP contribution in [-0.2, 0) is 14.3 Å². The number of esters is 2. The molecule has 0 saturated carbocycles. The first-order valence-corrected chi connectivity index (χ1v) is 8.79. The van der Waals surface area contributed by atoms with Gasteiger partial charge >= 0.3 is 11.9 Å². The molecule has 6 heteroatoms. The fraction of sp³-hybridized carbons (Fsp3) is 0.286. The Morgan fingerprint density at radius 1 is 1.11 bits per heavy atom. The smallest absolute Gasteiger partial charge is 0.342 e. The highest BCUT2D eigenvalue weighted by molar-refractivity contribution is 6.03. The van der Waals surface area contributed by atoms with Gasteiger partial charge in [-0.1, -0.05) is 24.3 Å². The van der Waals surface area contributed by atoms with Crippen molar-refractivity contribution in [1.29, 1.82) is 0 Å². The first kappa shape index (κ1) is 18.6. The van der Waals surface area contributed by atoms with E-state index in [9.17, 15) is 9.59 Å². The third-order valence-electron chi connectivity index (χ3n) is 3.80. The van der Waals surface area contributed by atoms with Gasteiger partial charge < -0.3 is 9.47 Å². The molecule has 27 heavy (non-hydrogen) atoms. The summed E-state index contributed by atoms with van der Waals surface area (Å²) in [6.07, 6.45) is 2.76. The summed E-state index contributed by atoms with van der Waals surface area (Å²) < 4.78 is 12.2. The van der Waals surface area contributed by atoms with E-state index in [1.807, 2.05) is 36.4 Å². The van der Waals surface area contributed by atoms with Crippen molar-refractivity contribution >= 4 is 34.4 Å². The Hall–Kier alpha value is -3.15. The van der Waals surface area contributed by atoms with Crippen molar-refractivity contribution in [3.63, 3.8) is 0 Å². The quantitative estimate of drug-likeness (QED) is 0.515. The largest absolute Gasteiger partial charge is 0.462 e. The monoisotopic (exact) mass is 366 g/mol. The zero-order valence-electron chi connectivity index (χ0n) is 15.9. The number of pyridine rings is 1. The fourth-order valence-corrected chi connectivity index (χ4v) is 2.79. The normalized spacial score (nSPS) is 12.0. The number of aromatic nitrogens is 2. The van der Waals surface area contributed by atoms with Gasteiger partial charge in [0, 0.05) is 11.5 Å². The number of benzene rings is 1. The van der Waals surface area contributed by atoms with Crippen LogP contribution in [0.4, 0.5) is 0 Å². The number of fused-ring (bicyclic) bond motifs is 3. The third-order valence-corrected chi connectivity index (χ3v) is 3.80. The number of hydrogen-bond donors (Lipinski definition) is 0. The lowest BCUT2D eigenvalue weighted by Crippen LogP contribution is -2.22. The third kappa shape index (κ3) is 4.00. The van der Waals surface area contributed by atoms with Crippen LogP contribution >= 0.6 is 0 Å². The lowest BCUT2D eigenvalue weighted by molar-refractivity contribution is -0.148. The van der Waals surface area contributed by atoms with Gasteiger partial charge in [0.25, 0.3) is 0 Å². The average molecular weight is 366 g/mol. The molecule has 0 radical (unpaired) electrons. The summed E-state index contributed by atoms with van der Waals surface area (Å²) in [7, 11) is 0. The summed E-state index contributed by atoms with van der Waals surface area (Å²) >= 11 is 0. The van der Waals surface area contributed by atoms with Gasteiger partial charge in [-0.05, 0) is 45.9 Å². The van der Waals surface area contributed by atoms with Gasteiger partial charge in [-0.3, -0.25) is 0 Å². The predicted molar refractivity (Wildman–Crippen MR) is 104 cm³/mol. The molecule has 6 nitrogen and oxygen atoms in total. The van der Waals surface area contributed by atoms with Crippen LogP contribution in [0.2, 0.25) is 0 Å². The SMILES string of the molecule is CCOC(=O)c1c(/C=C/C(=O)OC(C)(C)C)nn2c1ccc1ccccc12. The molecule has 0 bridgehead atoms. The van der Waals surface area contributed by atoms with Gasteiger partial charge in [0.2, 0.25) is 0 Å². The molecule has 0 aliphatic rings. The standard InChI is InChI=1S/C21H22N2O4/c1-5-26-20(25)19-15(11-13-18(24)27-21(2,3)4)22-23-16-9-7-6-8-14(16)10-12-17(19)23/h6-13H,5H2,1-4H3/b13-11+. The molecule has 0 amide bonds. The molecular formula is C21H22N2O4. The molecule has 0 aliphatic heterocycles. The highest BCUT2D eigenvalue weighted by Crippen LogP contribution is 2.24. The van der Waals surface area contributed by atoms with Gasteiger partial charge in [-0.2, -0.15) is 5.10 Å². The van der Waals surface area contributed by atoms with Crippen LogP contribution in [0.25, 0.3) is 22.5 Å². The van der Waals surface area contributed by atoms with Gasteiger partial charge in [0.05, 0.1) is 17.6 Å². The van der Waals surface area contributed by atoms with Crippen LogP contribution in [0.5, 0.6) is 0 Å². The second kappa shape index (κ2) is 7.23. The number of carbonyl (C=O) groups excluding carboxylic acids is 2. The van der Waals surface area contributed by atoms with Gasteiger partial charge in [-0.25, -0.2) is 14.1 Å². The second-order valence-electron chi connectivity index (χ2n) is 7.04. The number of rotatable bonds is 4. The maximum absolute atomic E-state index is 12.5. The lowest BCUT2D eigenvalue weighted by atomic mass is 10.1. The number of carbonyl (C=O) groups is 2. The molecule has 0 aliphatic carbocycles. The molecule has 0 atom stereocenters. The average Bonchev–Trinajstić information content (AvgIpc) is 2.97. The van der Waals surface area contributed by atoms with E-state index in [2.05, 4.69) is 5.10 Å². The molecule has 2 aromatic heterocycles. The van der Waals surface area contributed by atoms with Crippen molar-refractivity contribution in [3.05, 3.63) is 53.7 Å². The summed E-state index contributed by atoms with van der Waals surface area (Å²) in [6, 6.07) is 11.5. The highest BCUT2D eigenvalue weighted by atomic mass is 16.6. The molecule has 0 spiro atoms. The van der Waals surface area contributed by atoms with Crippen molar-refractivity contribution in [3.8, 4) is 0 Å². The molecule has 0 unspecified atom stereocenters. The Bertz CT molecular complexity index is 1040. The molecular weight excluding hydrogens is 344 g/mol. The van der Waals surface area contributed by atoms with Crippen LogP contribution in [0.15, 0.2) is 42.5 Å². The zero-order chi connectivity index (χ0) is 19.6. The van der Waals surface area contributed by atoms with Crippen LogP contribution in [0, 0.1) is 0 Å². The van der Waals surface area contributed by atoms with Gasteiger partial charge in [-0.15, -0.1) is 0 Å². The highest BCUT2D eigenvalue weighted by Gasteiger charge is 2.21. The van der Waals surface area contributed by atoms with Gasteiger partial charge in [0.1, 0.15) is 16.9 Å². The Kier molecular flexibility index (Phi) is 4.99. The molecule has 0 fully saturated rings.